The number of aromatic nitrogens is 2. The second kappa shape index (κ2) is 6.44. The normalized spacial score (nSPS) is 22.6. The molecule has 0 aliphatic carbocycles. The van der Waals surface area contributed by atoms with E-state index in [2.05, 4.69) is 31.1 Å². The van der Waals surface area contributed by atoms with Crippen LogP contribution in [0.25, 0.3) is 10.9 Å². The number of hydrogen-bond donors (Lipinski definition) is 0. The summed E-state index contributed by atoms with van der Waals surface area (Å²) in [7, 11) is 0. The second-order valence-electron chi connectivity index (χ2n) is 5.29. The van der Waals surface area contributed by atoms with Crippen molar-refractivity contribution in [3.63, 3.8) is 0 Å². The topological polar surface area (TPSA) is 34.9 Å². The van der Waals surface area contributed by atoms with Crippen LogP contribution in [-0.2, 0) is 17.8 Å². The zero-order valence-corrected chi connectivity index (χ0v) is 14.0. The molecule has 21 heavy (non-hydrogen) atoms. The van der Waals surface area contributed by atoms with E-state index in [-0.39, 0.29) is 5.25 Å². The second-order valence-corrected chi connectivity index (χ2v) is 8.02. The van der Waals surface area contributed by atoms with Gasteiger partial charge in [0.15, 0.2) is 5.78 Å². The Balaban J connectivity index is 1.86. The van der Waals surface area contributed by atoms with Crippen molar-refractivity contribution in [1.82, 2.24) is 9.78 Å². The highest BCUT2D eigenvalue weighted by molar-refractivity contribution is 8.07. The molecule has 2 aromatic rings. The standard InChI is InChI=1S/C16H20N2OS2/c1-3-18-14-7-5-4-6-12(14)13(17-18)10-15(19)16-11(2)20-8-9-21-16/h4-7,11,16H,3,8-10H2,1-2H3. The molecule has 0 spiro atoms. The van der Waals surface area contributed by atoms with Crippen molar-refractivity contribution in [2.75, 3.05) is 11.5 Å². The average molecular weight is 320 g/mol. The van der Waals surface area contributed by atoms with Gasteiger partial charge in [0.1, 0.15) is 0 Å². The lowest BCUT2D eigenvalue weighted by Gasteiger charge is -2.26. The van der Waals surface area contributed by atoms with Crippen LogP contribution in [0.15, 0.2) is 24.3 Å². The predicted octanol–water partition coefficient (Wildman–Crippen LogP) is 3.40. The van der Waals surface area contributed by atoms with Crippen LogP contribution in [0.5, 0.6) is 0 Å². The molecular formula is C16H20N2OS2. The van der Waals surface area contributed by atoms with E-state index >= 15 is 0 Å². The van der Waals surface area contributed by atoms with Crippen molar-refractivity contribution in [3.05, 3.63) is 30.0 Å². The quantitative estimate of drug-likeness (QED) is 0.865. The van der Waals surface area contributed by atoms with Gasteiger partial charge in [-0.3, -0.25) is 9.48 Å². The van der Waals surface area contributed by atoms with Gasteiger partial charge in [-0.15, -0.1) is 11.8 Å². The van der Waals surface area contributed by atoms with Crippen molar-refractivity contribution in [1.29, 1.82) is 0 Å². The van der Waals surface area contributed by atoms with Crippen LogP contribution in [0.1, 0.15) is 19.5 Å². The lowest BCUT2D eigenvalue weighted by molar-refractivity contribution is -0.117. The van der Waals surface area contributed by atoms with Crippen molar-refractivity contribution in [2.45, 2.75) is 37.3 Å². The third kappa shape index (κ3) is 2.99. The molecule has 3 nitrogen and oxygen atoms in total. The lowest BCUT2D eigenvalue weighted by atomic mass is 10.1. The van der Waals surface area contributed by atoms with Crippen molar-refractivity contribution < 1.29 is 4.79 Å². The number of nitrogens with zero attached hydrogens (tertiary/aromatic N) is 2. The molecule has 1 fully saturated rings. The van der Waals surface area contributed by atoms with E-state index in [1.165, 1.54) is 0 Å². The Labute approximate surface area is 133 Å². The average Bonchev–Trinajstić information content (AvgIpc) is 2.86. The van der Waals surface area contributed by atoms with Crippen LogP contribution in [0.4, 0.5) is 0 Å². The minimum absolute atomic E-state index is 0.120. The predicted molar refractivity (Wildman–Crippen MR) is 92.3 cm³/mol. The van der Waals surface area contributed by atoms with Crippen LogP contribution in [-0.4, -0.2) is 37.6 Å². The molecule has 5 heteroatoms. The number of fused-ring (bicyclic) bond motifs is 1. The summed E-state index contributed by atoms with van der Waals surface area (Å²) in [6, 6.07) is 8.19. The lowest BCUT2D eigenvalue weighted by Crippen LogP contribution is -2.32. The highest BCUT2D eigenvalue weighted by atomic mass is 32.2. The number of aryl methyl sites for hydroxylation is 1. The molecule has 0 radical (unpaired) electrons. The molecule has 0 saturated carbocycles. The first-order valence-electron chi connectivity index (χ1n) is 7.41. The maximum Gasteiger partial charge on any atom is 0.152 e. The molecule has 0 amide bonds. The fraction of sp³-hybridized carbons (Fsp3) is 0.500. The number of rotatable bonds is 4. The molecule has 1 saturated heterocycles. The van der Waals surface area contributed by atoms with Crippen LogP contribution in [0.3, 0.4) is 0 Å². The summed E-state index contributed by atoms with van der Waals surface area (Å²) in [5.41, 5.74) is 2.06. The summed E-state index contributed by atoms with van der Waals surface area (Å²) in [4.78, 5) is 12.6. The van der Waals surface area contributed by atoms with Crippen LogP contribution < -0.4 is 0 Å². The highest BCUT2D eigenvalue weighted by Crippen LogP contribution is 2.32. The molecule has 1 aromatic carbocycles. The molecule has 0 bridgehead atoms. The van der Waals surface area contributed by atoms with Gasteiger partial charge in [-0.25, -0.2) is 0 Å². The summed E-state index contributed by atoms with van der Waals surface area (Å²) >= 11 is 3.72. The maximum absolute atomic E-state index is 12.6. The first-order valence-corrected chi connectivity index (χ1v) is 9.50. The molecule has 1 aromatic heterocycles. The van der Waals surface area contributed by atoms with Crippen molar-refractivity contribution >= 4 is 40.2 Å². The highest BCUT2D eigenvalue weighted by Gasteiger charge is 2.29. The summed E-state index contributed by atoms with van der Waals surface area (Å²) in [6.45, 7) is 5.09. The molecular weight excluding hydrogens is 300 g/mol. The number of carbonyl (C=O) groups excluding carboxylic acids is 1. The van der Waals surface area contributed by atoms with E-state index < -0.39 is 0 Å². The van der Waals surface area contributed by atoms with E-state index in [1.807, 2.05) is 40.3 Å². The Morgan fingerprint density at radius 3 is 2.86 bits per heavy atom. The largest absolute Gasteiger partial charge is 0.298 e. The van der Waals surface area contributed by atoms with E-state index in [0.29, 0.717) is 17.5 Å². The van der Waals surface area contributed by atoms with Crippen LogP contribution in [0.2, 0.25) is 0 Å². The molecule has 112 valence electrons. The third-order valence-corrected chi connectivity index (χ3v) is 7.02. The van der Waals surface area contributed by atoms with Gasteiger partial charge in [0, 0.05) is 28.7 Å². The number of benzene rings is 1. The van der Waals surface area contributed by atoms with Gasteiger partial charge >= 0.3 is 0 Å². The monoisotopic (exact) mass is 320 g/mol. The third-order valence-electron chi connectivity index (χ3n) is 3.88. The smallest absolute Gasteiger partial charge is 0.152 e. The van der Waals surface area contributed by atoms with Crippen LogP contribution in [0, 0.1) is 0 Å². The van der Waals surface area contributed by atoms with Gasteiger partial charge < -0.3 is 0 Å². The zero-order valence-electron chi connectivity index (χ0n) is 12.4. The Bertz CT molecular complexity index is 653. The number of Topliss-reactive ketones (excluding diaryl/α,β-unsaturated/α-hetero) is 1. The first-order chi connectivity index (χ1) is 10.2. The van der Waals surface area contributed by atoms with E-state index in [0.717, 1.165) is 34.6 Å². The van der Waals surface area contributed by atoms with Crippen LogP contribution >= 0.6 is 23.5 Å². The SMILES string of the molecule is CCn1nc(CC(=O)C2SCCSC2C)c2ccccc21. The number of carbonyl (C=O) groups is 1. The summed E-state index contributed by atoms with van der Waals surface area (Å²) in [6.07, 6.45) is 0.454. The Morgan fingerprint density at radius 1 is 1.33 bits per heavy atom. The fourth-order valence-electron chi connectivity index (χ4n) is 2.82. The van der Waals surface area contributed by atoms with E-state index in [1.54, 1.807) is 0 Å². The van der Waals surface area contributed by atoms with Gasteiger partial charge in [-0.1, -0.05) is 25.1 Å². The molecule has 1 aliphatic rings. The molecule has 2 atom stereocenters. The minimum Gasteiger partial charge on any atom is -0.298 e. The molecule has 2 unspecified atom stereocenters. The van der Waals surface area contributed by atoms with E-state index in [9.17, 15) is 4.79 Å². The fourth-order valence-corrected chi connectivity index (χ4v) is 5.55. The van der Waals surface area contributed by atoms with Gasteiger partial charge in [0.2, 0.25) is 0 Å². The molecule has 1 aliphatic heterocycles. The van der Waals surface area contributed by atoms with Crippen molar-refractivity contribution in [3.8, 4) is 0 Å². The van der Waals surface area contributed by atoms with Gasteiger partial charge in [-0.2, -0.15) is 16.9 Å². The Hall–Kier alpha value is -0.940. The van der Waals surface area contributed by atoms with E-state index in [4.69, 9.17) is 0 Å². The Kier molecular flexibility index (Phi) is 4.60. The maximum atomic E-state index is 12.6. The summed E-state index contributed by atoms with van der Waals surface area (Å²) in [5, 5.41) is 6.30. The molecule has 2 heterocycles. The summed E-state index contributed by atoms with van der Waals surface area (Å²) in [5.74, 6) is 2.56. The molecule has 3 rings (SSSR count). The van der Waals surface area contributed by atoms with Gasteiger partial charge in [-0.05, 0) is 13.0 Å². The minimum atomic E-state index is 0.120. The number of thioether (sulfide) groups is 2. The van der Waals surface area contributed by atoms with Crippen molar-refractivity contribution in [2.24, 2.45) is 0 Å². The number of para-hydroxylation sites is 1. The van der Waals surface area contributed by atoms with Gasteiger partial charge in [0.05, 0.1) is 22.9 Å². The number of hydrogen-bond acceptors (Lipinski definition) is 4. The summed E-state index contributed by atoms with van der Waals surface area (Å²) < 4.78 is 1.99. The molecule has 0 N–H and O–H groups in total. The first kappa shape index (κ1) is 15.0. The zero-order chi connectivity index (χ0) is 14.8. The number of ketones is 1. The Morgan fingerprint density at radius 2 is 2.10 bits per heavy atom. The van der Waals surface area contributed by atoms with Gasteiger partial charge in [0.25, 0.3) is 0 Å².